The van der Waals surface area contributed by atoms with Gasteiger partial charge in [-0.15, -0.1) is 12.4 Å². The van der Waals surface area contributed by atoms with Gasteiger partial charge in [0.25, 0.3) is 0 Å². The van der Waals surface area contributed by atoms with Crippen LogP contribution in [-0.2, 0) is 11.2 Å². The molecule has 0 saturated carbocycles. The molecule has 1 aromatic carbocycles. The predicted octanol–water partition coefficient (Wildman–Crippen LogP) is 3.23. The third-order valence-corrected chi connectivity index (χ3v) is 5.48. The highest BCUT2D eigenvalue weighted by Gasteiger charge is 2.32. The third-order valence-electron chi connectivity index (χ3n) is 5.13. The maximum Gasteiger partial charge on any atom is 0.317 e. The standard InChI is InChI=1S/C17H23ClN2O2.ClH/c1-19(11-17(21)22)12-7-9-20(10-8-12)16-6-5-13-14(16)3-2-4-15(13)18;/h2-4,12,16H,5-11H2,1H3,(H,21,22);1H. The molecule has 4 nitrogen and oxygen atoms in total. The van der Waals surface area contributed by atoms with Crippen LogP contribution < -0.4 is 0 Å². The Morgan fingerprint density at radius 1 is 1.35 bits per heavy atom. The van der Waals surface area contributed by atoms with Crippen LogP contribution in [0.15, 0.2) is 18.2 Å². The van der Waals surface area contributed by atoms with E-state index in [9.17, 15) is 4.79 Å². The summed E-state index contributed by atoms with van der Waals surface area (Å²) in [6, 6.07) is 7.11. The van der Waals surface area contributed by atoms with Gasteiger partial charge in [0.05, 0.1) is 6.54 Å². The van der Waals surface area contributed by atoms with Crippen LogP contribution in [0, 0.1) is 0 Å². The van der Waals surface area contributed by atoms with Gasteiger partial charge in [-0.3, -0.25) is 14.6 Å². The first-order chi connectivity index (χ1) is 10.6. The molecule has 128 valence electrons. The molecule has 0 aromatic heterocycles. The van der Waals surface area contributed by atoms with Crippen LogP contribution in [0.5, 0.6) is 0 Å². The van der Waals surface area contributed by atoms with Gasteiger partial charge in [-0.25, -0.2) is 0 Å². The number of hydrogen-bond donors (Lipinski definition) is 1. The van der Waals surface area contributed by atoms with Crippen molar-refractivity contribution in [1.29, 1.82) is 0 Å². The summed E-state index contributed by atoms with van der Waals surface area (Å²) in [5.74, 6) is -0.746. The average molecular weight is 359 g/mol. The van der Waals surface area contributed by atoms with E-state index in [1.165, 1.54) is 11.1 Å². The Morgan fingerprint density at radius 3 is 2.70 bits per heavy atom. The SMILES string of the molecule is CN(CC(=O)O)C1CCN(C2CCc3c(Cl)cccc32)CC1.Cl. The molecule has 6 heteroatoms. The number of hydrogen-bond acceptors (Lipinski definition) is 3. The normalized spacial score (nSPS) is 22.0. The first-order valence-corrected chi connectivity index (χ1v) is 8.37. The van der Waals surface area contributed by atoms with Crippen molar-refractivity contribution in [2.45, 2.75) is 37.8 Å². The Kier molecular flexibility index (Phi) is 6.32. The largest absolute Gasteiger partial charge is 0.480 e. The highest BCUT2D eigenvalue weighted by molar-refractivity contribution is 6.31. The maximum atomic E-state index is 10.8. The van der Waals surface area contributed by atoms with Crippen molar-refractivity contribution in [3.05, 3.63) is 34.3 Å². The number of carboxylic acid groups (broad SMARTS) is 1. The summed E-state index contributed by atoms with van der Waals surface area (Å²) in [5, 5.41) is 9.81. The van der Waals surface area contributed by atoms with E-state index in [4.69, 9.17) is 16.7 Å². The topological polar surface area (TPSA) is 43.8 Å². The average Bonchev–Trinajstić information content (AvgIpc) is 2.92. The van der Waals surface area contributed by atoms with E-state index < -0.39 is 5.97 Å². The number of piperidine rings is 1. The van der Waals surface area contributed by atoms with Crippen molar-refractivity contribution in [2.75, 3.05) is 26.7 Å². The van der Waals surface area contributed by atoms with Gasteiger partial charge in [0.1, 0.15) is 0 Å². The van der Waals surface area contributed by atoms with Gasteiger partial charge in [0.15, 0.2) is 0 Å². The summed E-state index contributed by atoms with van der Waals surface area (Å²) >= 11 is 6.31. The summed E-state index contributed by atoms with van der Waals surface area (Å²) in [6.45, 7) is 2.20. The lowest BCUT2D eigenvalue weighted by molar-refractivity contribution is -0.138. The molecule has 0 spiro atoms. The zero-order valence-electron chi connectivity index (χ0n) is 13.4. The number of likely N-dealkylation sites (tertiary alicyclic amines) is 1. The monoisotopic (exact) mass is 358 g/mol. The van der Waals surface area contributed by atoms with Gasteiger partial charge >= 0.3 is 5.97 Å². The van der Waals surface area contributed by atoms with E-state index in [-0.39, 0.29) is 19.0 Å². The molecule has 3 rings (SSSR count). The number of rotatable bonds is 4. The zero-order chi connectivity index (χ0) is 15.7. The highest BCUT2D eigenvalue weighted by Crippen LogP contribution is 2.40. The molecule has 23 heavy (non-hydrogen) atoms. The molecule has 1 heterocycles. The fraction of sp³-hybridized carbons (Fsp3) is 0.588. The van der Waals surface area contributed by atoms with E-state index in [1.54, 1.807) is 0 Å². The molecule has 1 aliphatic heterocycles. The van der Waals surface area contributed by atoms with Gasteiger partial charge < -0.3 is 5.11 Å². The summed E-state index contributed by atoms with van der Waals surface area (Å²) in [4.78, 5) is 15.4. The van der Waals surface area contributed by atoms with Crippen molar-refractivity contribution in [3.8, 4) is 0 Å². The second-order valence-electron chi connectivity index (χ2n) is 6.44. The lowest BCUT2D eigenvalue weighted by Gasteiger charge is -2.39. The van der Waals surface area contributed by atoms with Crippen molar-refractivity contribution < 1.29 is 9.90 Å². The minimum absolute atomic E-state index is 0. The minimum Gasteiger partial charge on any atom is -0.480 e. The molecule has 1 saturated heterocycles. The fourth-order valence-corrected chi connectivity index (χ4v) is 4.22. The van der Waals surface area contributed by atoms with E-state index in [0.717, 1.165) is 43.8 Å². The Bertz CT molecular complexity index is 560. The summed E-state index contributed by atoms with van der Waals surface area (Å²) in [5.41, 5.74) is 2.71. The van der Waals surface area contributed by atoms with E-state index in [1.807, 2.05) is 24.1 Å². The maximum absolute atomic E-state index is 10.8. The molecule has 0 radical (unpaired) electrons. The number of fused-ring (bicyclic) bond motifs is 1. The van der Waals surface area contributed by atoms with Crippen LogP contribution >= 0.6 is 24.0 Å². The number of carboxylic acids is 1. The first kappa shape index (κ1) is 18.5. The van der Waals surface area contributed by atoms with E-state index in [2.05, 4.69) is 11.0 Å². The number of carbonyl (C=O) groups is 1. The van der Waals surface area contributed by atoms with Crippen LogP contribution in [0.3, 0.4) is 0 Å². The van der Waals surface area contributed by atoms with E-state index >= 15 is 0 Å². The van der Waals surface area contributed by atoms with E-state index in [0.29, 0.717) is 12.1 Å². The van der Waals surface area contributed by atoms with Gasteiger partial charge in [0, 0.05) is 30.2 Å². The second-order valence-corrected chi connectivity index (χ2v) is 6.85. The zero-order valence-corrected chi connectivity index (χ0v) is 14.9. The summed E-state index contributed by atoms with van der Waals surface area (Å²) < 4.78 is 0. The lowest BCUT2D eigenvalue weighted by atomic mass is 9.99. The Balaban J connectivity index is 0.00000192. The van der Waals surface area contributed by atoms with Crippen molar-refractivity contribution >= 4 is 30.0 Å². The molecular formula is C17H24Cl2N2O2. The molecule has 0 bridgehead atoms. The van der Waals surface area contributed by atoms with Crippen LogP contribution in [-0.4, -0.2) is 53.6 Å². The molecular weight excluding hydrogens is 335 g/mol. The third kappa shape index (κ3) is 4.00. The molecule has 1 N–H and O–H groups in total. The molecule has 2 aliphatic rings. The van der Waals surface area contributed by atoms with Crippen molar-refractivity contribution in [1.82, 2.24) is 9.80 Å². The Morgan fingerprint density at radius 2 is 2.04 bits per heavy atom. The summed E-state index contributed by atoms with van der Waals surface area (Å²) in [7, 11) is 1.92. The van der Waals surface area contributed by atoms with Crippen LogP contribution in [0.25, 0.3) is 0 Å². The molecule has 1 fully saturated rings. The lowest BCUT2D eigenvalue weighted by Crippen LogP contribution is -2.45. The number of nitrogens with zero attached hydrogens (tertiary/aromatic N) is 2. The van der Waals surface area contributed by atoms with Gasteiger partial charge in [-0.1, -0.05) is 23.7 Å². The van der Waals surface area contributed by atoms with Crippen LogP contribution in [0.2, 0.25) is 5.02 Å². The predicted molar refractivity (Wildman–Crippen MR) is 94.6 cm³/mol. The smallest absolute Gasteiger partial charge is 0.317 e. The van der Waals surface area contributed by atoms with Crippen molar-refractivity contribution in [3.63, 3.8) is 0 Å². The van der Waals surface area contributed by atoms with Crippen LogP contribution in [0.1, 0.15) is 36.4 Å². The first-order valence-electron chi connectivity index (χ1n) is 7.99. The second kappa shape index (κ2) is 7.84. The van der Waals surface area contributed by atoms with Crippen LogP contribution in [0.4, 0.5) is 0 Å². The highest BCUT2D eigenvalue weighted by atomic mass is 35.5. The Labute approximate surface area is 148 Å². The molecule has 1 atom stereocenters. The molecule has 1 aliphatic carbocycles. The molecule has 1 aromatic rings. The van der Waals surface area contributed by atoms with Crippen molar-refractivity contribution in [2.24, 2.45) is 0 Å². The van der Waals surface area contributed by atoms with Gasteiger partial charge in [-0.2, -0.15) is 0 Å². The van der Waals surface area contributed by atoms with Gasteiger partial charge in [0.2, 0.25) is 0 Å². The number of benzene rings is 1. The fourth-order valence-electron chi connectivity index (χ4n) is 3.95. The number of likely N-dealkylation sites (N-methyl/N-ethyl adjacent to an activating group) is 1. The number of halogens is 2. The van der Waals surface area contributed by atoms with Gasteiger partial charge in [-0.05, 0) is 49.9 Å². The number of aliphatic carboxylic acids is 1. The quantitative estimate of drug-likeness (QED) is 0.897. The molecule has 1 unspecified atom stereocenters. The minimum atomic E-state index is -0.746. The molecule has 0 amide bonds. The summed E-state index contributed by atoms with van der Waals surface area (Å²) in [6.07, 6.45) is 4.29. The Hall–Kier alpha value is -0.810.